The summed E-state index contributed by atoms with van der Waals surface area (Å²) in [4.78, 5) is 7.22. The van der Waals surface area contributed by atoms with Gasteiger partial charge < -0.3 is 19.5 Å². The molecule has 2 aromatic carbocycles. The number of unbranched alkanes of at least 4 members (excludes halogenated alkanes) is 2. The van der Waals surface area contributed by atoms with Gasteiger partial charge in [-0.05, 0) is 74.0 Å². The highest BCUT2D eigenvalue weighted by Crippen LogP contribution is 2.35. The fourth-order valence-corrected chi connectivity index (χ4v) is 4.23. The molecule has 0 saturated carbocycles. The van der Waals surface area contributed by atoms with E-state index in [0.29, 0.717) is 17.3 Å². The maximum atomic E-state index is 11.4. The van der Waals surface area contributed by atoms with Gasteiger partial charge in [-0.3, -0.25) is 0 Å². The van der Waals surface area contributed by atoms with Gasteiger partial charge in [0, 0.05) is 17.5 Å². The summed E-state index contributed by atoms with van der Waals surface area (Å²) in [5.74, 6) is 1.36. The maximum Gasteiger partial charge on any atom is 0.138 e. The molecule has 0 amide bonds. The molecule has 0 aliphatic rings. The number of aliphatic hydroxyl groups excluding tert-OH is 1. The van der Waals surface area contributed by atoms with Crippen LogP contribution in [-0.4, -0.2) is 48.8 Å². The Kier molecular flexibility index (Phi) is 9.36. The molecule has 0 aliphatic carbocycles. The zero-order valence-electron chi connectivity index (χ0n) is 20.1. The molecule has 178 valence electrons. The number of hydrogen-bond acceptors (Lipinski definition) is 5. The average molecular weight is 471 g/mol. The third-order valence-corrected chi connectivity index (χ3v) is 6.24. The number of pyridine rings is 1. The van der Waals surface area contributed by atoms with Gasteiger partial charge in [-0.25, -0.2) is 4.98 Å². The molecule has 1 N–H and O–H groups in total. The molecule has 6 heteroatoms. The summed E-state index contributed by atoms with van der Waals surface area (Å²) in [6.07, 6.45) is 3.84. The molecular weight excluding hydrogens is 436 g/mol. The highest BCUT2D eigenvalue weighted by molar-refractivity contribution is 6.32. The van der Waals surface area contributed by atoms with Crippen molar-refractivity contribution in [3.05, 3.63) is 53.1 Å². The molecule has 3 rings (SSSR count). The molecule has 0 radical (unpaired) electrons. The van der Waals surface area contributed by atoms with Crippen LogP contribution in [0.2, 0.25) is 5.02 Å². The summed E-state index contributed by atoms with van der Waals surface area (Å²) < 4.78 is 10.7. The molecule has 1 unspecified atom stereocenters. The molecule has 1 atom stereocenters. The van der Waals surface area contributed by atoms with Gasteiger partial charge in [-0.2, -0.15) is 0 Å². The fourth-order valence-electron chi connectivity index (χ4n) is 4.00. The normalized spacial score (nSPS) is 12.3. The molecule has 0 fully saturated rings. The van der Waals surface area contributed by atoms with E-state index in [1.165, 1.54) is 0 Å². The van der Waals surface area contributed by atoms with Crippen molar-refractivity contribution in [3.8, 4) is 22.8 Å². The lowest BCUT2D eigenvalue weighted by Gasteiger charge is -2.26. The van der Waals surface area contributed by atoms with Gasteiger partial charge in [0.15, 0.2) is 0 Å². The van der Waals surface area contributed by atoms with E-state index < -0.39 is 6.10 Å². The largest absolute Gasteiger partial charge is 0.497 e. The van der Waals surface area contributed by atoms with Crippen molar-refractivity contribution < 1.29 is 14.6 Å². The molecule has 33 heavy (non-hydrogen) atoms. The van der Waals surface area contributed by atoms with Gasteiger partial charge in [-0.15, -0.1) is 0 Å². The summed E-state index contributed by atoms with van der Waals surface area (Å²) in [7, 11) is 3.25. The smallest absolute Gasteiger partial charge is 0.138 e. The van der Waals surface area contributed by atoms with Crippen molar-refractivity contribution >= 4 is 22.5 Å². The molecular formula is C27H35ClN2O3. The third-order valence-electron chi connectivity index (χ3n) is 5.95. The third kappa shape index (κ3) is 6.38. The zero-order valence-corrected chi connectivity index (χ0v) is 20.9. The lowest BCUT2D eigenvalue weighted by molar-refractivity contribution is 0.112. The Morgan fingerprint density at radius 1 is 0.970 bits per heavy atom. The number of aliphatic hydroxyl groups is 1. The summed E-state index contributed by atoms with van der Waals surface area (Å²) in [6, 6.07) is 13.4. The number of nitrogens with zero attached hydrogens (tertiary/aromatic N) is 2. The lowest BCUT2D eigenvalue weighted by atomic mass is 9.99. The van der Waals surface area contributed by atoms with Gasteiger partial charge >= 0.3 is 0 Å². The number of ether oxygens (including phenoxy) is 2. The first-order valence-corrected chi connectivity index (χ1v) is 12.1. The van der Waals surface area contributed by atoms with E-state index in [4.69, 9.17) is 26.1 Å². The van der Waals surface area contributed by atoms with E-state index in [1.54, 1.807) is 14.2 Å². The zero-order chi connectivity index (χ0) is 23.8. The van der Waals surface area contributed by atoms with E-state index in [2.05, 4.69) is 18.7 Å². The van der Waals surface area contributed by atoms with Crippen molar-refractivity contribution in [1.29, 1.82) is 0 Å². The predicted octanol–water partition coefficient (Wildman–Crippen LogP) is 6.51. The Morgan fingerprint density at radius 3 is 2.21 bits per heavy atom. The summed E-state index contributed by atoms with van der Waals surface area (Å²) >= 11 is 6.42. The van der Waals surface area contributed by atoms with Crippen LogP contribution in [-0.2, 0) is 0 Å². The molecule has 0 spiro atoms. The molecule has 0 saturated heterocycles. The van der Waals surface area contributed by atoms with E-state index in [0.717, 1.165) is 72.2 Å². The number of aromatic nitrogens is 1. The minimum atomic E-state index is -0.660. The Balaban J connectivity index is 2.05. The van der Waals surface area contributed by atoms with Gasteiger partial charge in [0.05, 0.1) is 36.6 Å². The van der Waals surface area contributed by atoms with Crippen molar-refractivity contribution in [2.45, 2.75) is 45.6 Å². The van der Waals surface area contributed by atoms with Crippen LogP contribution in [0.5, 0.6) is 11.5 Å². The van der Waals surface area contributed by atoms with Crippen LogP contribution in [0.4, 0.5) is 0 Å². The highest BCUT2D eigenvalue weighted by atomic mass is 35.5. The summed E-state index contributed by atoms with van der Waals surface area (Å²) in [6.45, 7) is 6.93. The quantitative estimate of drug-likeness (QED) is 0.327. The highest BCUT2D eigenvalue weighted by Gasteiger charge is 2.19. The minimum absolute atomic E-state index is 0.498. The van der Waals surface area contributed by atoms with E-state index >= 15 is 0 Å². The van der Waals surface area contributed by atoms with Crippen LogP contribution < -0.4 is 9.47 Å². The standard InChI is InChI=1S/C27H35ClN2O3/c1-5-7-13-30(14-8-6-2)18-26(31)22-15-24(19-9-11-20(32-3)12-10-19)29-25-17-23(28)27(33-4)16-21(22)25/h9-12,15-17,26,31H,5-8,13-14,18H2,1-4H3. The Morgan fingerprint density at radius 2 is 1.64 bits per heavy atom. The number of fused-ring (bicyclic) bond motifs is 1. The van der Waals surface area contributed by atoms with Crippen molar-refractivity contribution in [1.82, 2.24) is 9.88 Å². The molecule has 1 aromatic heterocycles. The number of benzene rings is 2. The summed E-state index contributed by atoms with van der Waals surface area (Å²) in [5.41, 5.74) is 3.30. The second-order valence-corrected chi connectivity index (χ2v) is 8.76. The van der Waals surface area contributed by atoms with Crippen LogP contribution >= 0.6 is 11.6 Å². The second kappa shape index (κ2) is 12.2. The molecule has 0 aliphatic heterocycles. The van der Waals surface area contributed by atoms with Crippen molar-refractivity contribution in [2.75, 3.05) is 33.9 Å². The Bertz CT molecular complexity index is 1030. The van der Waals surface area contributed by atoms with Crippen LogP contribution in [0.1, 0.15) is 51.2 Å². The van der Waals surface area contributed by atoms with Gasteiger partial charge in [0.25, 0.3) is 0 Å². The predicted molar refractivity (Wildman–Crippen MR) is 137 cm³/mol. The SMILES string of the molecule is CCCCN(CCCC)CC(O)c1cc(-c2ccc(OC)cc2)nc2cc(Cl)c(OC)cc12. The topological polar surface area (TPSA) is 54.8 Å². The molecule has 5 nitrogen and oxygen atoms in total. The van der Waals surface area contributed by atoms with Crippen LogP contribution in [0.25, 0.3) is 22.2 Å². The molecule has 1 heterocycles. The fraction of sp³-hybridized carbons (Fsp3) is 0.444. The van der Waals surface area contributed by atoms with Gasteiger partial charge in [0.1, 0.15) is 11.5 Å². The van der Waals surface area contributed by atoms with Crippen LogP contribution in [0, 0.1) is 0 Å². The maximum absolute atomic E-state index is 11.4. The minimum Gasteiger partial charge on any atom is -0.497 e. The Labute approximate surface area is 202 Å². The number of hydrogen-bond donors (Lipinski definition) is 1. The Hall–Kier alpha value is -2.34. The van der Waals surface area contributed by atoms with Crippen LogP contribution in [0.3, 0.4) is 0 Å². The van der Waals surface area contributed by atoms with E-state index in [-0.39, 0.29) is 0 Å². The average Bonchev–Trinajstić information content (AvgIpc) is 2.84. The number of methoxy groups -OCH3 is 2. The van der Waals surface area contributed by atoms with E-state index in [9.17, 15) is 5.11 Å². The van der Waals surface area contributed by atoms with Crippen molar-refractivity contribution in [3.63, 3.8) is 0 Å². The van der Waals surface area contributed by atoms with E-state index in [1.807, 2.05) is 42.5 Å². The first-order chi connectivity index (χ1) is 16.0. The second-order valence-electron chi connectivity index (χ2n) is 8.35. The van der Waals surface area contributed by atoms with Crippen LogP contribution in [0.15, 0.2) is 42.5 Å². The van der Waals surface area contributed by atoms with Gasteiger partial charge in [-0.1, -0.05) is 38.3 Å². The van der Waals surface area contributed by atoms with Crippen molar-refractivity contribution in [2.24, 2.45) is 0 Å². The molecule has 0 bridgehead atoms. The first kappa shape index (κ1) is 25.3. The monoisotopic (exact) mass is 470 g/mol. The van der Waals surface area contributed by atoms with Gasteiger partial charge in [0.2, 0.25) is 0 Å². The lowest BCUT2D eigenvalue weighted by Crippen LogP contribution is -2.31. The molecule has 3 aromatic rings. The summed E-state index contributed by atoms with van der Waals surface area (Å²) in [5, 5.41) is 12.8. The first-order valence-electron chi connectivity index (χ1n) is 11.7. The number of rotatable bonds is 12. The number of halogens is 1.